The summed E-state index contributed by atoms with van der Waals surface area (Å²) >= 11 is 0. The maximum absolute atomic E-state index is 9.73. The lowest BCUT2D eigenvalue weighted by Crippen LogP contribution is -2.50. The van der Waals surface area contributed by atoms with E-state index in [0.717, 1.165) is 31.7 Å². The molecular formula is C17H27NO. The van der Waals surface area contributed by atoms with Crippen LogP contribution in [0.1, 0.15) is 50.7 Å². The summed E-state index contributed by atoms with van der Waals surface area (Å²) in [4.78, 5) is 0. The fourth-order valence-corrected chi connectivity index (χ4v) is 2.89. The SMILES string of the molecule is CCc1ccc(CNC2(CO)CCC(C)CC2)cc1. The molecule has 0 unspecified atom stereocenters. The highest BCUT2D eigenvalue weighted by Crippen LogP contribution is 2.31. The molecule has 0 atom stereocenters. The molecule has 0 bridgehead atoms. The minimum Gasteiger partial charge on any atom is -0.394 e. The van der Waals surface area contributed by atoms with Crippen LogP contribution in [0.3, 0.4) is 0 Å². The van der Waals surface area contributed by atoms with Crippen LogP contribution < -0.4 is 5.32 Å². The van der Waals surface area contributed by atoms with Crippen LogP contribution in [-0.2, 0) is 13.0 Å². The summed E-state index contributed by atoms with van der Waals surface area (Å²) in [5.74, 6) is 0.810. The second-order valence-corrected chi connectivity index (χ2v) is 6.14. The van der Waals surface area contributed by atoms with Crippen LogP contribution in [0.25, 0.3) is 0 Å². The first-order valence-corrected chi connectivity index (χ1v) is 7.61. The van der Waals surface area contributed by atoms with E-state index in [1.165, 1.54) is 24.0 Å². The van der Waals surface area contributed by atoms with Crippen molar-refractivity contribution in [1.82, 2.24) is 5.32 Å². The van der Waals surface area contributed by atoms with Crippen molar-refractivity contribution in [1.29, 1.82) is 0 Å². The second kappa shape index (κ2) is 6.53. The van der Waals surface area contributed by atoms with Crippen LogP contribution in [0.15, 0.2) is 24.3 Å². The molecule has 0 aliphatic heterocycles. The zero-order valence-corrected chi connectivity index (χ0v) is 12.3. The van der Waals surface area contributed by atoms with Crippen molar-refractivity contribution >= 4 is 0 Å². The van der Waals surface area contributed by atoms with E-state index < -0.39 is 0 Å². The fourth-order valence-electron chi connectivity index (χ4n) is 2.89. The third-order valence-corrected chi connectivity index (χ3v) is 4.63. The predicted molar refractivity (Wildman–Crippen MR) is 80.1 cm³/mol. The third-order valence-electron chi connectivity index (χ3n) is 4.63. The van der Waals surface area contributed by atoms with Crippen LogP contribution in [0.2, 0.25) is 0 Å². The number of benzene rings is 1. The van der Waals surface area contributed by atoms with Crippen LogP contribution in [0.4, 0.5) is 0 Å². The van der Waals surface area contributed by atoms with Gasteiger partial charge in [-0.25, -0.2) is 0 Å². The van der Waals surface area contributed by atoms with E-state index in [9.17, 15) is 5.11 Å². The zero-order chi connectivity index (χ0) is 13.7. The molecule has 0 spiro atoms. The Bertz CT molecular complexity index is 377. The van der Waals surface area contributed by atoms with Gasteiger partial charge < -0.3 is 10.4 Å². The first kappa shape index (κ1) is 14.5. The monoisotopic (exact) mass is 261 g/mol. The summed E-state index contributed by atoms with van der Waals surface area (Å²) in [5.41, 5.74) is 2.64. The van der Waals surface area contributed by atoms with Crippen LogP contribution in [-0.4, -0.2) is 17.3 Å². The van der Waals surface area contributed by atoms with Gasteiger partial charge in [0, 0.05) is 12.1 Å². The van der Waals surface area contributed by atoms with Crippen LogP contribution in [0.5, 0.6) is 0 Å². The maximum Gasteiger partial charge on any atom is 0.0613 e. The van der Waals surface area contributed by atoms with Crippen molar-refractivity contribution in [2.75, 3.05) is 6.61 Å². The lowest BCUT2D eigenvalue weighted by atomic mass is 9.77. The van der Waals surface area contributed by atoms with Crippen molar-refractivity contribution in [3.63, 3.8) is 0 Å². The van der Waals surface area contributed by atoms with E-state index >= 15 is 0 Å². The second-order valence-electron chi connectivity index (χ2n) is 6.14. The molecule has 1 fully saturated rings. The van der Waals surface area contributed by atoms with Gasteiger partial charge in [0.05, 0.1) is 6.61 Å². The number of aliphatic hydroxyl groups excluding tert-OH is 1. The van der Waals surface area contributed by atoms with E-state index in [2.05, 4.69) is 43.4 Å². The van der Waals surface area contributed by atoms with Gasteiger partial charge in [0.2, 0.25) is 0 Å². The summed E-state index contributed by atoms with van der Waals surface area (Å²) < 4.78 is 0. The number of hydrogen-bond donors (Lipinski definition) is 2. The molecule has 1 aliphatic rings. The van der Waals surface area contributed by atoms with Gasteiger partial charge in [-0.2, -0.15) is 0 Å². The van der Waals surface area contributed by atoms with Gasteiger partial charge in [-0.15, -0.1) is 0 Å². The molecule has 2 nitrogen and oxygen atoms in total. The first-order chi connectivity index (χ1) is 9.17. The molecule has 2 N–H and O–H groups in total. The van der Waals surface area contributed by atoms with Crippen molar-refractivity contribution < 1.29 is 5.11 Å². The summed E-state index contributed by atoms with van der Waals surface area (Å²) in [7, 11) is 0. The van der Waals surface area contributed by atoms with E-state index in [1.54, 1.807) is 0 Å². The zero-order valence-electron chi connectivity index (χ0n) is 12.3. The molecule has 0 heterocycles. The van der Waals surface area contributed by atoms with Crippen molar-refractivity contribution in [3.05, 3.63) is 35.4 Å². The Hall–Kier alpha value is -0.860. The Morgan fingerprint density at radius 2 is 1.74 bits per heavy atom. The van der Waals surface area contributed by atoms with Gasteiger partial charge in [0.15, 0.2) is 0 Å². The Morgan fingerprint density at radius 3 is 2.26 bits per heavy atom. The summed E-state index contributed by atoms with van der Waals surface area (Å²) in [5, 5.41) is 13.3. The summed E-state index contributed by atoms with van der Waals surface area (Å²) in [6, 6.07) is 8.79. The Kier molecular flexibility index (Phi) is 5.00. The summed E-state index contributed by atoms with van der Waals surface area (Å²) in [6.45, 7) is 5.60. The highest BCUT2D eigenvalue weighted by molar-refractivity contribution is 5.22. The topological polar surface area (TPSA) is 32.3 Å². The molecule has 2 heteroatoms. The van der Waals surface area contributed by atoms with Gasteiger partial charge in [0.25, 0.3) is 0 Å². The van der Waals surface area contributed by atoms with E-state index in [-0.39, 0.29) is 12.1 Å². The number of aryl methyl sites for hydroxylation is 1. The molecule has 0 saturated heterocycles. The minimum absolute atomic E-state index is 0.0457. The van der Waals surface area contributed by atoms with Gasteiger partial charge in [-0.1, -0.05) is 38.1 Å². The molecule has 0 radical (unpaired) electrons. The number of rotatable bonds is 5. The van der Waals surface area contributed by atoms with E-state index in [0.29, 0.717) is 0 Å². The number of nitrogens with one attached hydrogen (secondary N) is 1. The summed E-state index contributed by atoms with van der Waals surface area (Å²) in [6.07, 6.45) is 5.73. The lowest BCUT2D eigenvalue weighted by molar-refractivity contribution is 0.104. The normalized spacial score (nSPS) is 27.4. The molecule has 1 aromatic rings. The largest absolute Gasteiger partial charge is 0.394 e. The smallest absolute Gasteiger partial charge is 0.0613 e. The van der Waals surface area contributed by atoms with E-state index in [4.69, 9.17) is 0 Å². The Labute approximate surface area is 117 Å². The molecular weight excluding hydrogens is 234 g/mol. The van der Waals surface area contributed by atoms with E-state index in [1.807, 2.05) is 0 Å². The van der Waals surface area contributed by atoms with Gasteiger partial charge in [-0.05, 0) is 49.1 Å². The average Bonchev–Trinajstić information content (AvgIpc) is 2.48. The predicted octanol–water partition coefficient (Wildman–Crippen LogP) is 3.28. The molecule has 1 saturated carbocycles. The fraction of sp³-hybridized carbons (Fsp3) is 0.647. The Morgan fingerprint density at radius 1 is 1.16 bits per heavy atom. The lowest BCUT2D eigenvalue weighted by Gasteiger charge is -2.39. The highest BCUT2D eigenvalue weighted by atomic mass is 16.3. The van der Waals surface area contributed by atoms with Crippen LogP contribution >= 0.6 is 0 Å². The Balaban J connectivity index is 1.91. The molecule has 1 aromatic carbocycles. The maximum atomic E-state index is 9.73. The molecule has 19 heavy (non-hydrogen) atoms. The van der Waals surface area contributed by atoms with Crippen molar-refractivity contribution in [3.8, 4) is 0 Å². The van der Waals surface area contributed by atoms with Gasteiger partial charge in [0.1, 0.15) is 0 Å². The van der Waals surface area contributed by atoms with Gasteiger partial charge >= 0.3 is 0 Å². The number of hydrogen-bond acceptors (Lipinski definition) is 2. The first-order valence-electron chi connectivity index (χ1n) is 7.61. The molecule has 2 rings (SSSR count). The van der Waals surface area contributed by atoms with Gasteiger partial charge in [-0.3, -0.25) is 0 Å². The van der Waals surface area contributed by atoms with Crippen molar-refractivity contribution in [2.45, 2.75) is 58.0 Å². The third kappa shape index (κ3) is 3.80. The average molecular weight is 261 g/mol. The molecule has 106 valence electrons. The quantitative estimate of drug-likeness (QED) is 0.852. The standard InChI is InChI=1S/C17H27NO/c1-3-15-4-6-16(7-5-15)12-18-17(13-19)10-8-14(2)9-11-17/h4-7,14,18-19H,3,8-13H2,1-2H3. The highest BCUT2D eigenvalue weighted by Gasteiger charge is 2.32. The van der Waals surface area contributed by atoms with Crippen molar-refractivity contribution in [2.24, 2.45) is 5.92 Å². The van der Waals surface area contributed by atoms with Crippen LogP contribution in [0, 0.1) is 5.92 Å². The molecule has 1 aliphatic carbocycles. The molecule has 0 aromatic heterocycles. The number of aliphatic hydroxyl groups is 1. The minimum atomic E-state index is -0.0457. The molecule has 0 amide bonds.